The van der Waals surface area contributed by atoms with Crippen molar-refractivity contribution < 1.29 is 13.9 Å². The normalized spacial score (nSPS) is 10.7. The summed E-state index contributed by atoms with van der Waals surface area (Å²) in [5, 5.41) is 2.82. The van der Waals surface area contributed by atoms with Crippen LogP contribution in [-0.2, 0) is 18.3 Å². The topological polar surface area (TPSA) is 73.5 Å². The van der Waals surface area contributed by atoms with Crippen molar-refractivity contribution in [2.24, 2.45) is 7.05 Å². The zero-order valence-corrected chi connectivity index (χ0v) is 12.8. The standard InChI is InChI=1S/C17H16N2O4/c1-19-13-10-12(7-8-15(13)23-17(19)21)18-16(20)9-11-5-3-4-6-14(11)22-2/h3-8,10H,9H2,1-2H3,(H,18,20). The van der Waals surface area contributed by atoms with Gasteiger partial charge in [-0.1, -0.05) is 18.2 Å². The van der Waals surface area contributed by atoms with Gasteiger partial charge in [0.2, 0.25) is 5.91 Å². The zero-order chi connectivity index (χ0) is 16.4. The maximum absolute atomic E-state index is 12.2. The Kier molecular flexibility index (Phi) is 3.89. The number of benzene rings is 2. The van der Waals surface area contributed by atoms with Gasteiger partial charge in [-0.05, 0) is 24.3 Å². The van der Waals surface area contributed by atoms with Crippen LogP contribution in [-0.4, -0.2) is 17.6 Å². The van der Waals surface area contributed by atoms with Crippen LogP contribution in [0.3, 0.4) is 0 Å². The maximum Gasteiger partial charge on any atom is 0.419 e. The van der Waals surface area contributed by atoms with Crippen molar-refractivity contribution in [1.29, 1.82) is 0 Å². The molecule has 0 fully saturated rings. The summed E-state index contributed by atoms with van der Waals surface area (Å²) in [6.07, 6.45) is 0.201. The number of rotatable bonds is 4. The highest BCUT2D eigenvalue weighted by molar-refractivity contribution is 5.94. The number of amides is 1. The second kappa shape index (κ2) is 6.00. The molecule has 0 radical (unpaired) electrons. The molecule has 0 unspecified atom stereocenters. The highest BCUT2D eigenvalue weighted by Gasteiger charge is 2.11. The van der Waals surface area contributed by atoms with E-state index in [0.29, 0.717) is 22.5 Å². The molecule has 1 heterocycles. The molecular weight excluding hydrogens is 296 g/mol. The lowest BCUT2D eigenvalue weighted by molar-refractivity contribution is -0.115. The lowest BCUT2D eigenvalue weighted by atomic mass is 10.1. The van der Waals surface area contributed by atoms with Crippen LogP contribution in [0.15, 0.2) is 51.7 Å². The van der Waals surface area contributed by atoms with E-state index in [1.165, 1.54) is 4.57 Å². The van der Waals surface area contributed by atoms with Crippen LogP contribution >= 0.6 is 0 Å². The van der Waals surface area contributed by atoms with Crippen LogP contribution in [0.2, 0.25) is 0 Å². The first-order valence-electron chi connectivity index (χ1n) is 7.10. The molecule has 3 aromatic rings. The molecule has 3 rings (SSSR count). The van der Waals surface area contributed by atoms with Crippen molar-refractivity contribution in [2.45, 2.75) is 6.42 Å². The fourth-order valence-electron chi connectivity index (χ4n) is 2.43. The van der Waals surface area contributed by atoms with Crippen LogP contribution < -0.4 is 15.8 Å². The molecule has 0 aliphatic rings. The van der Waals surface area contributed by atoms with E-state index >= 15 is 0 Å². The minimum atomic E-state index is -0.433. The van der Waals surface area contributed by atoms with Gasteiger partial charge < -0.3 is 14.5 Å². The highest BCUT2D eigenvalue weighted by Crippen LogP contribution is 2.20. The number of ether oxygens (including phenoxy) is 1. The molecule has 0 saturated heterocycles. The summed E-state index contributed by atoms with van der Waals surface area (Å²) in [4.78, 5) is 23.7. The Morgan fingerprint density at radius 1 is 1.26 bits per heavy atom. The second-order valence-corrected chi connectivity index (χ2v) is 5.15. The molecule has 0 aliphatic carbocycles. The van der Waals surface area contributed by atoms with E-state index < -0.39 is 5.76 Å². The molecule has 1 N–H and O–H groups in total. The summed E-state index contributed by atoms with van der Waals surface area (Å²) >= 11 is 0. The average Bonchev–Trinajstić information content (AvgIpc) is 2.83. The smallest absolute Gasteiger partial charge is 0.419 e. The molecule has 23 heavy (non-hydrogen) atoms. The molecule has 0 atom stereocenters. The third-order valence-corrected chi connectivity index (χ3v) is 3.62. The molecule has 2 aromatic carbocycles. The predicted molar refractivity (Wildman–Crippen MR) is 86.8 cm³/mol. The number of hydrogen-bond donors (Lipinski definition) is 1. The number of aryl methyl sites for hydroxylation is 1. The third-order valence-electron chi connectivity index (χ3n) is 3.62. The summed E-state index contributed by atoms with van der Waals surface area (Å²) < 4.78 is 11.7. The number of anilines is 1. The van der Waals surface area contributed by atoms with E-state index in [1.54, 1.807) is 32.4 Å². The minimum Gasteiger partial charge on any atom is -0.496 e. The van der Waals surface area contributed by atoms with Crippen molar-refractivity contribution in [3.05, 3.63) is 58.6 Å². The number of methoxy groups -OCH3 is 1. The number of carbonyl (C=O) groups excluding carboxylic acids is 1. The number of para-hydroxylation sites is 1. The molecule has 6 heteroatoms. The molecule has 0 bridgehead atoms. The molecule has 1 amide bonds. The first-order chi connectivity index (χ1) is 11.1. The predicted octanol–water partition coefficient (Wildman–Crippen LogP) is 2.32. The van der Waals surface area contributed by atoms with Crippen LogP contribution in [0.4, 0.5) is 5.69 Å². The Balaban J connectivity index is 1.80. The Morgan fingerprint density at radius 2 is 2.04 bits per heavy atom. The second-order valence-electron chi connectivity index (χ2n) is 5.15. The fraction of sp³-hybridized carbons (Fsp3) is 0.176. The summed E-state index contributed by atoms with van der Waals surface area (Å²) in [7, 11) is 3.19. The van der Waals surface area contributed by atoms with Gasteiger partial charge in [0.05, 0.1) is 19.0 Å². The summed E-state index contributed by atoms with van der Waals surface area (Å²) in [5.41, 5.74) is 2.53. The van der Waals surface area contributed by atoms with Gasteiger partial charge in [0.15, 0.2) is 5.58 Å². The highest BCUT2D eigenvalue weighted by atomic mass is 16.5. The molecule has 1 aromatic heterocycles. The van der Waals surface area contributed by atoms with Gasteiger partial charge in [0.25, 0.3) is 0 Å². The van der Waals surface area contributed by atoms with Gasteiger partial charge in [-0.15, -0.1) is 0 Å². The van der Waals surface area contributed by atoms with Crippen molar-refractivity contribution >= 4 is 22.7 Å². The van der Waals surface area contributed by atoms with Gasteiger partial charge in [-0.25, -0.2) is 4.79 Å². The number of aromatic nitrogens is 1. The molecule has 6 nitrogen and oxygen atoms in total. The van der Waals surface area contributed by atoms with Crippen molar-refractivity contribution in [3.63, 3.8) is 0 Å². The first kappa shape index (κ1) is 14.9. The molecular formula is C17H16N2O4. The Hall–Kier alpha value is -3.02. The Morgan fingerprint density at radius 3 is 2.83 bits per heavy atom. The maximum atomic E-state index is 12.2. The molecule has 0 aliphatic heterocycles. The quantitative estimate of drug-likeness (QED) is 0.802. The lowest BCUT2D eigenvalue weighted by Gasteiger charge is -2.09. The van der Waals surface area contributed by atoms with Crippen molar-refractivity contribution in [1.82, 2.24) is 4.57 Å². The Bertz CT molecular complexity index is 924. The number of fused-ring (bicyclic) bond motifs is 1. The summed E-state index contributed by atoms with van der Waals surface area (Å²) in [6, 6.07) is 12.4. The van der Waals surface area contributed by atoms with Crippen LogP contribution in [0, 0.1) is 0 Å². The number of nitrogens with one attached hydrogen (secondary N) is 1. The van der Waals surface area contributed by atoms with Gasteiger partial charge in [0.1, 0.15) is 5.75 Å². The van der Waals surface area contributed by atoms with Gasteiger partial charge in [0, 0.05) is 18.3 Å². The van der Waals surface area contributed by atoms with E-state index in [1.807, 2.05) is 24.3 Å². The van der Waals surface area contributed by atoms with Crippen LogP contribution in [0.25, 0.3) is 11.1 Å². The number of nitrogens with zero attached hydrogens (tertiary/aromatic N) is 1. The number of oxazole rings is 1. The van der Waals surface area contributed by atoms with Crippen LogP contribution in [0.5, 0.6) is 5.75 Å². The molecule has 0 spiro atoms. The monoisotopic (exact) mass is 312 g/mol. The van der Waals surface area contributed by atoms with E-state index in [0.717, 1.165) is 5.56 Å². The average molecular weight is 312 g/mol. The van der Waals surface area contributed by atoms with Crippen molar-refractivity contribution in [2.75, 3.05) is 12.4 Å². The van der Waals surface area contributed by atoms with Gasteiger partial charge in [-0.2, -0.15) is 0 Å². The molecule has 0 saturated carbocycles. The van der Waals surface area contributed by atoms with E-state index in [-0.39, 0.29) is 12.3 Å². The van der Waals surface area contributed by atoms with Gasteiger partial charge >= 0.3 is 5.76 Å². The van der Waals surface area contributed by atoms with Gasteiger partial charge in [-0.3, -0.25) is 9.36 Å². The van der Waals surface area contributed by atoms with Crippen LogP contribution in [0.1, 0.15) is 5.56 Å². The lowest BCUT2D eigenvalue weighted by Crippen LogP contribution is -2.15. The van der Waals surface area contributed by atoms with E-state index in [2.05, 4.69) is 5.32 Å². The number of hydrogen-bond acceptors (Lipinski definition) is 4. The largest absolute Gasteiger partial charge is 0.496 e. The molecule has 118 valence electrons. The van der Waals surface area contributed by atoms with E-state index in [9.17, 15) is 9.59 Å². The SMILES string of the molecule is COc1ccccc1CC(=O)Nc1ccc2oc(=O)n(C)c2c1. The summed E-state index contributed by atoms with van der Waals surface area (Å²) in [5.74, 6) is 0.0789. The Labute approximate surface area is 132 Å². The fourth-order valence-corrected chi connectivity index (χ4v) is 2.43. The third kappa shape index (κ3) is 2.96. The van der Waals surface area contributed by atoms with Crippen molar-refractivity contribution in [3.8, 4) is 5.75 Å². The zero-order valence-electron chi connectivity index (χ0n) is 12.8. The first-order valence-corrected chi connectivity index (χ1v) is 7.10. The summed E-state index contributed by atoms with van der Waals surface area (Å²) in [6.45, 7) is 0. The van der Waals surface area contributed by atoms with E-state index in [4.69, 9.17) is 9.15 Å². The minimum absolute atomic E-state index is 0.164. The number of carbonyl (C=O) groups is 1.